The Morgan fingerprint density at radius 1 is 1.27 bits per heavy atom. The number of halogens is 1. The van der Waals surface area contributed by atoms with Gasteiger partial charge in [0, 0.05) is 5.57 Å². The van der Waals surface area contributed by atoms with Gasteiger partial charge < -0.3 is 24.1 Å². The number of nitrogens with one attached hydrogen (secondary N) is 1. The van der Waals surface area contributed by atoms with Gasteiger partial charge in [-0.25, -0.2) is 0 Å². The highest BCUT2D eigenvalue weighted by Gasteiger charge is 2.45. The molecule has 1 aromatic heterocycles. The van der Waals surface area contributed by atoms with Gasteiger partial charge in [-0.1, -0.05) is 23.4 Å². The molecule has 0 radical (unpaired) electrons. The van der Waals surface area contributed by atoms with Crippen LogP contribution in [0.1, 0.15) is 30.0 Å². The summed E-state index contributed by atoms with van der Waals surface area (Å²) in [4.78, 5) is 28.2. The maximum absolute atomic E-state index is 13.3. The molecule has 2 heterocycles. The molecular weight excluding hydrogens is 408 g/mol. The van der Waals surface area contributed by atoms with Crippen molar-refractivity contribution in [2.24, 2.45) is 0 Å². The van der Waals surface area contributed by atoms with Crippen LogP contribution in [0.15, 0.2) is 40.3 Å². The predicted octanol–water partition coefficient (Wildman–Crippen LogP) is 1.01. The standard InChI is InChI=1S/C22H25ClN2O5/c1-5-29-16-9-7-14(12-15(16)23)20(26)18-19(17-8-6-13(2)30-17)25(11-10-24(3)4)22(28)21(18)27/h6-9,12,19,26H,5,10-11H2,1-4H3. The average molecular weight is 433 g/mol. The molecule has 1 aliphatic heterocycles. The Bertz CT molecular complexity index is 995. The molecule has 1 saturated heterocycles. The van der Waals surface area contributed by atoms with Crippen molar-refractivity contribution < 1.29 is 28.7 Å². The normalized spacial score (nSPS) is 18.5. The third kappa shape index (κ3) is 4.22. The molecule has 7 nitrogen and oxygen atoms in total. The number of aryl methyl sites for hydroxylation is 1. The van der Waals surface area contributed by atoms with E-state index in [1.54, 1.807) is 31.2 Å². The molecule has 1 amide bonds. The van der Waals surface area contributed by atoms with Crippen LogP contribution in [0.4, 0.5) is 0 Å². The quantitative estimate of drug-likeness (QED) is 0.401. The van der Waals surface area contributed by atoms with E-state index in [1.807, 2.05) is 21.0 Å². The van der Waals surface area contributed by atoms with Gasteiger partial charge in [0.1, 0.15) is 23.3 Å². The number of hydrogen-bond acceptors (Lipinski definition) is 5. The number of nitrogens with zero attached hydrogens (tertiary/aromatic N) is 1. The molecule has 1 unspecified atom stereocenters. The Hall–Kier alpha value is -2.77. The summed E-state index contributed by atoms with van der Waals surface area (Å²) in [5.74, 6) is -0.583. The lowest BCUT2D eigenvalue weighted by Crippen LogP contribution is -3.06. The summed E-state index contributed by atoms with van der Waals surface area (Å²) >= 11 is 6.22. The van der Waals surface area contributed by atoms with Crippen LogP contribution >= 0.6 is 11.6 Å². The van der Waals surface area contributed by atoms with Crippen molar-refractivity contribution in [1.29, 1.82) is 0 Å². The smallest absolute Gasteiger partial charge is 0.295 e. The SMILES string of the molecule is CCOc1ccc(C([O-])=C2C(=O)C(=O)N(CC[NH+](C)C)C2c2ccc(C)o2)cc1Cl. The maximum atomic E-state index is 13.3. The number of hydrogen-bond donors (Lipinski definition) is 1. The Balaban J connectivity index is 2.10. The van der Waals surface area contributed by atoms with Crippen LogP contribution in [0.5, 0.6) is 5.75 Å². The third-order valence-electron chi connectivity index (χ3n) is 4.91. The van der Waals surface area contributed by atoms with Gasteiger partial charge in [-0.15, -0.1) is 0 Å². The fraction of sp³-hybridized carbons (Fsp3) is 0.364. The average Bonchev–Trinajstić information content (AvgIpc) is 3.23. The van der Waals surface area contributed by atoms with E-state index >= 15 is 0 Å². The van der Waals surface area contributed by atoms with Crippen LogP contribution < -0.4 is 14.7 Å². The van der Waals surface area contributed by atoms with E-state index in [2.05, 4.69) is 0 Å². The number of ketones is 1. The molecule has 1 fully saturated rings. The Morgan fingerprint density at radius 3 is 2.57 bits per heavy atom. The van der Waals surface area contributed by atoms with Gasteiger partial charge in [0.15, 0.2) is 0 Å². The van der Waals surface area contributed by atoms with Crippen molar-refractivity contribution in [2.75, 3.05) is 33.8 Å². The van der Waals surface area contributed by atoms with E-state index in [0.717, 1.165) is 4.90 Å². The minimum Gasteiger partial charge on any atom is -0.872 e. The summed E-state index contributed by atoms with van der Waals surface area (Å²) in [7, 11) is 3.90. The molecule has 8 heteroatoms. The largest absolute Gasteiger partial charge is 0.872 e. The lowest BCUT2D eigenvalue weighted by Gasteiger charge is -2.26. The van der Waals surface area contributed by atoms with Crippen LogP contribution in [-0.2, 0) is 9.59 Å². The molecule has 1 N–H and O–H groups in total. The highest BCUT2D eigenvalue weighted by molar-refractivity contribution is 6.46. The number of quaternary nitrogens is 1. The Morgan fingerprint density at radius 2 is 2.00 bits per heavy atom. The van der Waals surface area contributed by atoms with Crippen LogP contribution in [0, 0.1) is 6.92 Å². The van der Waals surface area contributed by atoms with E-state index < -0.39 is 23.5 Å². The van der Waals surface area contributed by atoms with Crippen molar-refractivity contribution in [1.82, 2.24) is 4.90 Å². The van der Waals surface area contributed by atoms with Crippen molar-refractivity contribution >= 4 is 29.1 Å². The molecule has 1 aromatic carbocycles. The van der Waals surface area contributed by atoms with E-state index in [-0.39, 0.29) is 16.2 Å². The van der Waals surface area contributed by atoms with E-state index in [4.69, 9.17) is 20.8 Å². The van der Waals surface area contributed by atoms with Crippen molar-refractivity contribution in [3.63, 3.8) is 0 Å². The van der Waals surface area contributed by atoms with Gasteiger partial charge in [-0.3, -0.25) is 9.59 Å². The zero-order valence-corrected chi connectivity index (χ0v) is 18.2. The number of rotatable bonds is 7. The Labute approximate surface area is 180 Å². The first-order valence-electron chi connectivity index (χ1n) is 9.79. The second kappa shape index (κ2) is 8.93. The summed E-state index contributed by atoms with van der Waals surface area (Å²) in [6.45, 7) is 4.96. The first-order valence-corrected chi connectivity index (χ1v) is 10.2. The molecule has 1 aliphatic rings. The lowest BCUT2D eigenvalue weighted by atomic mass is 9.99. The summed E-state index contributed by atoms with van der Waals surface area (Å²) in [6, 6.07) is 7.15. The molecule has 0 spiro atoms. The number of likely N-dealkylation sites (N-methyl/N-ethyl adjacent to an activating group) is 1. The van der Waals surface area contributed by atoms with E-state index in [1.165, 1.54) is 11.0 Å². The number of furan rings is 1. The highest BCUT2D eigenvalue weighted by atomic mass is 35.5. The van der Waals surface area contributed by atoms with Gasteiger partial charge >= 0.3 is 0 Å². The number of likely N-dealkylation sites (tertiary alicyclic amines) is 1. The summed E-state index contributed by atoms with van der Waals surface area (Å²) in [5, 5.41) is 13.6. The van der Waals surface area contributed by atoms with Crippen LogP contribution in [0.2, 0.25) is 5.02 Å². The fourth-order valence-corrected chi connectivity index (χ4v) is 3.65. The maximum Gasteiger partial charge on any atom is 0.295 e. The van der Waals surface area contributed by atoms with Crippen LogP contribution in [0.3, 0.4) is 0 Å². The van der Waals surface area contributed by atoms with Crippen molar-refractivity contribution in [3.05, 3.63) is 58.0 Å². The van der Waals surface area contributed by atoms with Gasteiger partial charge in [-0.05, 0) is 43.7 Å². The second-order valence-electron chi connectivity index (χ2n) is 7.46. The zero-order valence-electron chi connectivity index (χ0n) is 17.5. The zero-order chi connectivity index (χ0) is 22.0. The first kappa shape index (κ1) is 21.9. The van der Waals surface area contributed by atoms with Gasteiger partial charge in [0.2, 0.25) is 5.78 Å². The predicted molar refractivity (Wildman–Crippen MR) is 110 cm³/mol. The van der Waals surface area contributed by atoms with Crippen molar-refractivity contribution in [3.8, 4) is 5.75 Å². The lowest BCUT2D eigenvalue weighted by molar-refractivity contribution is -0.857. The monoisotopic (exact) mass is 432 g/mol. The second-order valence-corrected chi connectivity index (χ2v) is 7.86. The minimum absolute atomic E-state index is 0.122. The number of benzene rings is 1. The molecule has 30 heavy (non-hydrogen) atoms. The number of ether oxygens (including phenoxy) is 1. The minimum atomic E-state index is -0.865. The summed E-state index contributed by atoms with van der Waals surface area (Å²) in [5.41, 5.74) is 0.0938. The first-order chi connectivity index (χ1) is 14.2. The van der Waals surface area contributed by atoms with Gasteiger partial charge in [-0.2, -0.15) is 0 Å². The van der Waals surface area contributed by atoms with Gasteiger partial charge in [0.05, 0.1) is 38.8 Å². The van der Waals surface area contributed by atoms with E-state index in [0.29, 0.717) is 37.0 Å². The molecular formula is C22H25ClN2O5. The van der Waals surface area contributed by atoms with Gasteiger partial charge in [0.25, 0.3) is 5.91 Å². The number of carbonyl (C=O) groups is 2. The Kier molecular flexibility index (Phi) is 6.53. The number of amides is 1. The van der Waals surface area contributed by atoms with Crippen LogP contribution in [-0.4, -0.2) is 50.4 Å². The highest BCUT2D eigenvalue weighted by Crippen LogP contribution is 2.39. The molecule has 1 atom stereocenters. The summed E-state index contributed by atoms with van der Waals surface area (Å²) in [6.07, 6.45) is 0. The molecule has 3 rings (SSSR count). The number of carbonyl (C=O) groups excluding carboxylic acids is 2. The van der Waals surface area contributed by atoms with E-state index in [9.17, 15) is 14.7 Å². The van der Waals surface area contributed by atoms with Crippen LogP contribution in [0.25, 0.3) is 5.76 Å². The molecule has 0 aliphatic carbocycles. The fourth-order valence-electron chi connectivity index (χ4n) is 3.41. The topological polar surface area (TPSA) is 87.2 Å². The molecule has 0 saturated carbocycles. The molecule has 2 aromatic rings. The molecule has 160 valence electrons. The summed E-state index contributed by atoms with van der Waals surface area (Å²) < 4.78 is 11.1. The van der Waals surface area contributed by atoms with Crippen molar-refractivity contribution in [2.45, 2.75) is 19.9 Å². The molecule has 0 bridgehead atoms. The third-order valence-corrected chi connectivity index (χ3v) is 5.20. The number of Topliss-reactive ketones (excluding diaryl/α,β-unsaturated/α-hetero) is 1.